The van der Waals surface area contributed by atoms with Crippen LogP contribution in [0.4, 0.5) is 0 Å². The summed E-state index contributed by atoms with van der Waals surface area (Å²) >= 11 is 0. The van der Waals surface area contributed by atoms with Gasteiger partial charge in [0.15, 0.2) is 5.84 Å². The van der Waals surface area contributed by atoms with Crippen molar-refractivity contribution in [1.82, 2.24) is 9.78 Å². The minimum atomic E-state index is 0.167. The first-order valence-electron chi connectivity index (χ1n) is 3.47. The van der Waals surface area contributed by atoms with Gasteiger partial charge in [-0.1, -0.05) is 19.0 Å². The number of nitrogens with zero attached hydrogens (tertiary/aromatic N) is 3. The van der Waals surface area contributed by atoms with E-state index in [1.54, 1.807) is 23.1 Å². The zero-order valence-electron chi connectivity index (χ0n) is 6.60. The van der Waals surface area contributed by atoms with Crippen LogP contribution in [0.1, 0.15) is 13.8 Å². The van der Waals surface area contributed by atoms with E-state index in [-0.39, 0.29) is 5.92 Å². The molecule has 60 valence electrons. The smallest absolute Gasteiger partial charge is 0.171 e. The van der Waals surface area contributed by atoms with Crippen molar-refractivity contribution in [2.24, 2.45) is 11.1 Å². The molecule has 0 aliphatic rings. The largest absolute Gasteiger partial charge is 0.409 e. The van der Waals surface area contributed by atoms with Gasteiger partial charge in [-0.2, -0.15) is 5.10 Å². The topological polar surface area (TPSA) is 50.4 Å². The second kappa shape index (κ2) is 3.18. The summed E-state index contributed by atoms with van der Waals surface area (Å²) < 4.78 is 1.55. The number of oxime groups is 1. The number of aromatic nitrogens is 2. The fourth-order valence-corrected chi connectivity index (χ4v) is 0.830. The molecule has 1 aromatic heterocycles. The first-order chi connectivity index (χ1) is 5.25. The Morgan fingerprint density at radius 2 is 2.36 bits per heavy atom. The second-order valence-corrected chi connectivity index (χ2v) is 2.56. The summed E-state index contributed by atoms with van der Waals surface area (Å²) in [6.07, 6.45) is 3.39. The summed E-state index contributed by atoms with van der Waals surface area (Å²) in [5, 5.41) is 15.7. The van der Waals surface area contributed by atoms with Gasteiger partial charge in [-0.05, 0) is 6.07 Å². The van der Waals surface area contributed by atoms with E-state index in [2.05, 4.69) is 10.3 Å². The predicted molar refractivity (Wildman–Crippen MR) is 41.7 cm³/mol. The Morgan fingerprint density at radius 3 is 2.73 bits per heavy atom. The third-order valence-electron chi connectivity index (χ3n) is 1.36. The van der Waals surface area contributed by atoms with Crippen LogP contribution in [0.15, 0.2) is 23.6 Å². The SMILES string of the molecule is CC(C)/C(=N/O)n1cccn1. The molecule has 0 aromatic carbocycles. The lowest BCUT2D eigenvalue weighted by atomic mass is 10.2. The van der Waals surface area contributed by atoms with Gasteiger partial charge in [0.25, 0.3) is 0 Å². The maximum absolute atomic E-state index is 8.60. The quantitative estimate of drug-likeness (QED) is 0.285. The Hall–Kier alpha value is -1.32. The average Bonchev–Trinajstić information content (AvgIpc) is 2.40. The molecule has 0 aliphatic carbocycles. The highest BCUT2D eigenvalue weighted by atomic mass is 16.4. The maximum atomic E-state index is 8.60. The average molecular weight is 153 g/mol. The maximum Gasteiger partial charge on any atom is 0.171 e. The third-order valence-corrected chi connectivity index (χ3v) is 1.36. The predicted octanol–water partition coefficient (Wildman–Crippen LogP) is 1.17. The molecule has 4 heteroatoms. The van der Waals surface area contributed by atoms with E-state index in [1.165, 1.54) is 0 Å². The molecule has 0 radical (unpaired) electrons. The highest BCUT2D eigenvalue weighted by molar-refractivity contribution is 5.84. The van der Waals surface area contributed by atoms with Crippen LogP contribution in [0.25, 0.3) is 0 Å². The fraction of sp³-hybridized carbons (Fsp3) is 0.429. The molecule has 0 bridgehead atoms. The standard InChI is InChI=1S/C7H11N3O/c1-6(2)7(9-11)10-5-3-4-8-10/h3-6,11H,1-2H3/b9-7-. The van der Waals surface area contributed by atoms with Gasteiger partial charge >= 0.3 is 0 Å². The molecule has 0 spiro atoms. The lowest BCUT2D eigenvalue weighted by Crippen LogP contribution is -2.18. The van der Waals surface area contributed by atoms with Crippen molar-refractivity contribution >= 4 is 5.84 Å². The van der Waals surface area contributed by atoms with Gasteiger partial charge in [0.2, 0.25) is 0 Å². The lowest BCUT2D eigenvalue weighted by molar-refractivity contribution is 0.312. The third kappa shape index (κ3) is 1.58. The molecule has 11 heavy (non-hydrogen) atoms. The summed E-state index contributed by atoms with van der Waals surface area (Å²) in [5.41, 5.74) is 0. The highest BCUT2D eigenvalue weighted by Crippen LogP contribution is 1.98. The van der Waals surface area contributed by atoms with Crippen LogP contribution in [0.5, 0.6) is 0 Å². The molecule has 0 unspecified atom stereocenters. The van der Waals surface area contributed by atoms with E-state index in [4.69, 9.17) is 5.21 Å². The zero-order valence-corrected chi connectivity index (χ0v) is 6.60. The van der Waals surface area contributed by atoms with Crippen molar-refractivity contribution < 1.29 is 5.21 Å². The van der Waals surface area contributed by atoms with Gasteiger partial charge in [0, 0.05) is 18.3 Å². The Balaban J connectivity index is 2.90. The van der Waals surface area contributed by atoms with Crippen LogP contribution in [-0.2, 0) is 0 Å². The van der Waals surface area contributed by atoms with Crippen molar-refractivity contribution in [2.45, 2.75) is 13.8 Å². The minimum absolute atomic E-state index is 0.167. The summed E-state index contributed by atoms with van der Waals surface area (Å²) in [4.78, 5) is 0. The zero-order chi connectivity index (χ0) is 8.27. The summed E-state index contributed by atoms with van der Waals surface area (Å²) in [7, 11) is 0. The van der Waals surface area contributed by atoms with Crippen LogP contribution in [0.3, 0.4) is 0 Å². The molecule has 1 N–H and O–H groups in total. The Kier molecular flexibility index (Phi) is 2.25. The molecule has 1 rings (SSSR count). The number of hydrogen-bond acceptors (Lipinski definition) is 3. The van der Waals surface area contributed by atoms with Crippen molar-refractivity contribution in [3.63, 3.8) is 0 Å². The van der Waals surface area contributed by atoms with Crippen LogP contribution in [0, 0.1) is 5.92 Å². The first kappa shape index (κ1) is 7.78. The molecule has 0 amide bonds. The summed E-state index contributed by atoms with van der Waals surface area (Å²) in [5.74, 6) is 0.718. The van der Waals surface area contributed by atoms with Crippen LogP contribution in [-0.4, -0.2) is 20.8 Å². The van der Waals surface area contributed by atoms with Crippen LogP contribution in [0.2, 0.25) is 0 Å². The molecule has 4 nitrogen and oxygen atoms in total. The molecule has 0 fully saturated rings. The summed E-state index contributed by atoms with van der Waals surface area (Å²) in [6, 6.07) is 1.79. The minimum Gasteiger partial charge on any atom is -0.409 e. The van der Waals surface area contributed by atoms with Gasteiger partial charge in [-0.3, -0.25) is 0 Å². The van der Waals surface area contributed by atoms with Crippen LogP contribution < -0.4 is 0 Å². The van der Waals surface area contributed by atoms with E-state index in [9.17, 15) is 0 Å². The normalized spacial score (nSPS) is 12.5. The number of hydrogen-bond donors (Lipinski definition) is 1. The molecule has 0 aliphatic heterocycles. The summed E-state index contributed by atoms with van der Waals surface area (Å²) in [6.45, 7) is 3.88. The van der Waals surface area contributed by atoms with Gasteiger partial charge in [-0.15, -0.1) is 0 Å². The molecule has 0 atom stereocenters. The Labute approximate surface area is 65.1 Å². The van der Waals surface area contributed by atoms with E-state index < -0.39 is 0 Å². The Morgan fingerprint density at radius 1 is 1.64 bits per heavy atom. The second-order valence-electron chi connectivity index (χ2n) is 2.56. The monoisotopic (exact) mass is 153 g/mol. The molecule has 0 saturated carbocycles. The van der Waals surface area contributed by atoms with Crippen molar-refractivity contribution in [3.05, 3.63) is 18.5 Å². The van der Waals surface area contributed by atoms with Gasteiger partial charge in [0.05, 0.1) is 0 Å². The van der Waals surface area contributed by atoms with E-state index in [1.807, 2.05) is 13.8 Å². The van der Waals surface area contributed by atoms with Gasteiger partial charge in [-0.25, -0.2) is 4.68 Å². The molecular formula is C7H11N3O. The van der Waals surface area contributed by atoms with Gasteiger partial charge < -0.3 is 5.21 Å². The van der Waals surface area contributed by atoms with Crippen molar-refractivity contribution in [1.29, 1.82) is 0 Å². The van der Waals surface area contributed by atoms with Crippen LogP contribution >= 0.6 is 0 Å². The van der Waals surface area contributed by atoms with E-state index in [0.29, 0.717) is 5.84 Å². The number of rotatable bonds is 1. The molecule has 0 saturated heterocycles. The van der Waals surface area contributed by atoms with Crippen molar-refractivity contribution in [3.8, 4) is 0 Å². The first-order valence-corrected chi connectivity index (χ1v) is 3.47. The van der Waals surface area contributed by atoms with Gasteiger partial charge in [0.1, 0.15) is 0 Å². The van der Waals surface area contributed by atoms with E-state index in [0.717, 1.165) is 0 Å². The lowest BCUT2D eigenvalue weighted by Gasteiger charge is -2.06. The van der Waals surface area contributed by atoms with E-state index >= 15 is 0 Å². The molecular weight excluding hydrogens is 142 g/mol. The molecule has 1 heterocycles. The molecule has 1 aromatic rings. The Bertz CT molecular complexity index is 238. The fourth-order valence-electron chi connectivity index (χ4n) is 0.830. The van der Waals surface area contributed by atoms with Crippen molar-refractivity contribution in [2.75, 3.05) is 0 Å². The highest BCUT2D eigenvalue weighted by Gasteiger charge is 2.07.